The first kappa shape index (κ1) is 25.5. The Labute approximate surface area is 167 Å². The maximum absolute atomic E-state index is 10.7. The largest absolute Gasteiger partial charge is 1.00 e. The van der Waals surface area contributed by atoms with E-state index in [0.717, 1.165) is 8.58 Å². The average molecular weight is 494 g/mol. The van der Waals surface area contributed by atoms with E-state index in [1.165, 1.54) is 38.3 Å². The van der Waals surface area contributed by atoms with Gasteiger partial charge in [-0.25, -0.2) is 8.42 Å². The number of fused-ring (bicyclic) bond motifs is 1. The van der Waals surface area contributed by atoms with Crippen molar-refractivity contribution in [3.05, 3.63) is 54.1 Å². The summed E-state index contributed by atoms with van der Waals surface area (Å²) in [4.78, 5) is 0. The van der Waals surface area contributed by atoms with Crippen LogP contribution >= 0.6 is 8.58 Å². The van der Waals surface area contributed by atoms with Crippen molar-refractivity contribution in [3.8, 4) is 0 Å². The first-order valence-corrected chi connectivity index (χ1v) is 10.5. The number of allylic oxidation sites excluding steroid dienone is 4. The minimum absolute atomic E-state index is 0. The number of hydrogen-bond acceptors (Lipinski definition) is 3. The van der Waals surface area contributed by atoms with Crippen LogP contribution in [-0.2, 0) is 36.0 Å². The van der Waals surface area contributed by atoms with E-state index in [-0.39, 0.29) is 19.5 Å². The molecule has 1 heterocycles. The summed E-state index contributed by atoms with van der Waals surface area (Å²) in [5, 5.41) is 1.59. The molecule has 9 heteroatoms. The van der Waals surface area contributed by atoms with Crippen LogP contribution in [0.3, 0.4) is 0 Å². The molecule has 1 aliphatic heterocycles. The molecule has 0 bridgehead atoms. The van der Waals surface area contributed by atoms with E-state index in [9.17, 15) is 13.2 Å². The second-order valence-corrected chi connectivity index (χ2v) is 8.14. The van der Waals surface area contributed by atoms with Crippen molar-refractivity contribution in [2.45, 2.75) is 37.6 Å². The van der Waals surface area contributed by atoms with Crippen LogP contribution in [-0.4, -0.2) is 24.6 Å². The maximum Gasteiger partial charge on any atom is 1.00 e. The third kappa shape index (κ3) is 10.6. The molecule has 0 amide bonds. The molecule has 0 spiro atoms. The van der Waals surface area contributed by atoms with Crippen LogP contribution in [0, 0.1) is 0 Å². The van der Waals surface area contributed by atoms with E-state index in [2.05, 4.69) is 48.6 Å². The predicted molar refractivity (Wildman–Crippen MR) is 95.5 cm³/mol. The summed E-state index contributed by atoms with van der Waals surface area (Å²) in [5.41, 5.74) is -4.07. The number of benzene rings is 1. The van der Waals surface area contributed by atoms with Gasteiger partial charge in [0.15, 0.2) is 10.1 Å². The molecule has 147 valence electrons. The second-order valence-electron chi connectivity index (χ2n) is 5.37. The smallest absolute Gasteiger partial charge is 0.741 e. The summed E-state index contributed by atoms with van der Waals surface area (Å²) in [6.45, 7) is 0. The molecule has 0 saturated heterocycles. The molecule has 3 nitrogen and oxygen atoms in total. The molecule has 0 saturated carbocycles. The first-order chi connectivity index (χ1) is 11.7. The van der Waals surface area contributed by atoms with Gasteiger partial charge < -0.3 is 4.55 Å². The molecule has 1 radical (unpaired) electrons. The van der Waals surface area contributed by atoms with Crippen LogP contribution in [0.5, 0.6) is 0 Å². The van der Waals surface area contributed by atoms with E-state index in [4.69, 9.17) is 13.0 Å². The summed E-state index contributed by atoms with van der Waals surface area (Å²) >= 11 is 0. The average Bonchev–Trinajstić information content (AvgIpc) is 2.94. The van der Waals surface area contributed by atoms with E-state index < -0.39 is 15.6 Å². The predicted octanol–water partition coefficient (Wildman–Crippen LogP) is 4.27. The molecule has 1 aromatic carbocycles. The number of halogens is 3. The van der Waals surface area contributed by atoms with Crippen LogP contribution in [0.1, 0.15) is 31.2 Å². The third-order valence-corrected chi connectivity index (χ3v) is 5.32. The quantitative estimate of drug-likeness (QED) is 0.234. The fourth-order valence-corrected chi connectivity index (χ4v) is 3.43. The zero-order valence-corrected chi connectivity index (χ0v) is 17.5. The standard InChI is InChI=1S/C8H9P.C8H12.CHF3O3S.Ru/c1-2-4-8-7(3-1)5-6-9-8;1-2-4-6-8-7-5-3-1;2-1(3,4)8(5,6)7;/h1-4,9H,5-6H2;1-4H,5-8H2;(H,5,6,7);/q;;;+1/p-1. The van der Waals surface area contributed by atoms with Gasteiger partial charge in [-0.1, -0.05) is 57.2 Å². The van der Waals surface area contributed by atoms with Gasteiger partial charge in [0.1, 0.15) is 0 Å². The molecular weight excluding hydrogens is 473 g/mol. The summed E-state index contributed by atoms with van der Waals surface area (Å²) < 4.78 is 58.9. The van der Waals surface area contributed by atoms with Crippen LogP contribution in [0.2, 0.25) is 0 Å². The summed E-state index contributed by atoms with van der Waals surface area (Å²) in [6, 6.07) is 8.77. The zero-order valence-electron chi connectivity index (χ0n) is 14.0. The Hall–Kier alpha value is -0.547. The van der Waals surface area contributed by atoms with Crippen molar-refractivity contribution in [3.63, 3.8) is 0 Å². The number of alkyl halides is 3. The second kappa shape index (κ2) is 12.8. The summed E-state index contributed by atoms with van der Waals surface area (Å²) in [7, 11) is -5.01. The van der Waals surface area contributed by atoms with Crippen LogP contribution < -0.4 is 5.30 Å². The number of hydrogen-bond donors (Lipinski definition) is 0. The fraction of sp³-hybridized carbons (Fsp3) is 0.412. The Morgan fingerprint density at radius 2 is 1.50 bits per heavy atom. The maximum atomic E-state index is 10.7. The number of rotatable bonds is 0. The minimum Gasteiger partial charge on any atom is -0.741 e. The van der Waals surface area contributed by atoms with Crippen LogP contribution in [0.15, 0.2) is 48.6 Å². The Bertz CT molecular complexity index is 652. The first-order valence-electron chi connectivity index (χ1n) is 7.87. The van der Waals surface area contributed by atoms with Gasteiger partial charge in [0, 0.05) is 0 Å². The molecule has 1 aliphatic carbocycles. The number of aryl methyl sites for hydroxylation is 1. The topological polar surface area (TPSA) is 57.2 Å². The zero-order chi connectivity index (χ0) is 18.8. The van der Waals surface area contributed by atoms with Gasteiger partial charge in [0.05, 0.1) is 0 Å². The van der Waals surface area contributed by atoms with Crippen molar-refractivity contribution in [2.75, 3.05) is 6.16 Å². The van der Waals surface area contributed by atoms with E-state index in [1.54, 1.807) is 10.9 Å². The van der Waals surface area contributed by atoms with Crippen molar-refractivity contribution >= 4 is 24.0 Å². The monoisotopic (exact) mass is 495 g/mol. The molecule has 0 aromatic heterocycles. The van der Waals surface area contributed by atoms with Gasteiger partial charge in [-0.2, -0.15) is 13.2 Å². The van der Waals surface area contributed by atoms with E-state index >= 15 is 0 Å². The Balaban J connectivity index is 0.000000355. The van der Waals surface area contributed by atoms with Crippen LogP contribution in [0.4, 0.5) is 13.2 Å². The fourth-order valence-electron chi connectivity index (χ4n) is 2.12. The molecule has 2 aliphatic rings. The Morgan fingerprint density at radius 3 is 1.96 bits per heavy atom. The van der Waals surface area contributed by atoms with Gasteiger partial charge in [0.2, 0.25) is 0 Å². The third-order valence-electron chi connectivity index (χ3n) is 3.39. The molecule has 1 atom stereocenters. The van der Waals surface area contributed by atoms with E-state index in [0.29, 0.717) is 0 Å². The SMILES string of the molecule is C1=CCCCCC=C1.O=S(=O)([O-])C(F)(F)F.[Ru+].c1ccc2c(c1)CCP2. The Morgan fingerprint density at radius 1 is 1.00 bits per heavy atom. The van der Waals surface area contributed by atoms with Crippen LogP contribution in [0.25, 0.3) is 0 Å². The minimum atomic E-state index is -6.09. The summed E-state index contributed by atoms with van der Waals surface area (Å²) in [5.74, 6) is 0. The van der Waals surface area contributed by atoms with Gasteiger partial charge in [0.25, 0.3) is 0 Å². The molecule has 0 fully saturated rings. The molecule has 1 aromatic rings. The Kier molecular flexibility index (Phi) is 12.5. The normalized spacial score (nSPS) is 16.8. The van der Waals surface area contributed by atoms with Crippen molar-refractivity contribution in [2.24, 2.45) is 0 Å². The van der Waals surface area contributed by atoms with Crippen molar-refractivity contribution in [1.29, 1.82) is 0 Å². The van der Waals surface area contributed by atoms with Gasteiger partial charge in [-0.15, -0.1) is 0 Å². The van der Waals surface area contributed by atoms with Crippen molar-refractivity contribution < 1.29 is 45.6 Å². The summed E-state index contributed by atoms with van der Waals surface area (Å²) in [6.07, 6.45) is 16.7. The molecule has 26 heavy (non-hydrogen) atoms. The van der Waals surface area contributed by atoms with Gasteiger partial charge >= 0.3 is 25.0 Å². The molecular formula is C17H21F3O3PRuS. The molecule has 0 N–H and O–H groups in total. The van der Waals surface area contributed by atoms with Gasteiger partial charge in [-0.3, -0.25) is 0 Å². The van der Waals surface area contributed by atoms with E-state index in [1.807, 2.05) is 0 Å². The van der Waals surface area contributed by atoms with Crippen molar-refractivity contribution in [1.82, 2.24) is 0 Å². The van der Waals surface area contributed by atoms with Gasteiger partial charge in [-0.05, 0) is 49.1 Å². The molecule has 3 rings (SSSR count). The molecule has 1 unspecified atom stereocenters.